The van der Waals surface area contributed by atoms with Gasteiger partial charge in [-0.05, 0) is 19.1 Å². The Morgan fingerprint density at radius 3 is 1.58 bits per heavy atom. The fraction of sp³-hybridized carbons (Fsp3) is 0.0769. The highest BCUT2D eigenvalue weighted by Crippen LogP contribution is 2.32. The lowest BCUT2D eigenvalue weighted by Gasteiger charge is -2.09. The van der Waals surface area contributed by atoms with E-state index in [4.69, 9.17) is 4.74 Å². The third-order valence-electron chi connectivity index (χ3n) is 2.41. The summed E-state index contributed by atoms with van der Waals surface area (Å²) in [6, 6.07) is 5.85. The zero-order chi connectivity index (χ0) is 14.2. The van der Waals surface area contributed by atoms with E-state index in [9.17, 15) is 22.0 Å². The summed E-state index contributed by atoms with van der Waals surface area (Å²) < 4.78 is 70.0. The first-order valence-corrected chi connectivity index (χ1v) is 5.17. The van der Waals surface area contributed by atoms with E-state index in [0.29, 0.717) is 0 Å². The second kappa shape index (κ2) is 4.87. The maximum absolute atomic E-state index is 13.3. The highest BCUT2D eigenvalue weighted by Gasteiger charge is 2.27. The van der Waals surface area contributed by atoms with Crippen LogP contribution in [0, 0.1) is 36.0 Å². The van der Waals surface area contributed by atoms with Crippen molar-refractivity contribution in [1.29, 1.82) is 0 Å². The Labute approximate surface area is 105 Å². The largest absolute Gasteiger partial charge is 0.451 e. The molecule has 0 amide bonds. The number of hydrogen-bond donors (Lipinski definition) is 0. The van der Waals surface area contributed by atoms with E-state index >= 15 is 0 Å². The zero-order valence-electron chi connectivity index (χ0n) is 9.61. The SMILES string of the molecule is Cc1ccc(Oc2c(F)c(F)c(F)c(F)c2F)cc1. The predicted octanol–water partition coefficient (Wildman–Crippen LogP) is 4.48. The molecule has 0 aliphatic heterocycles. The molecule has 2 aromatic carbocycles. The highest BCUT2D eigenvalue weighted by molar-refractivity contribution is 5.36. The van der Waals surface area contributed by atoms with E-state index in [0.717, 1.165) is 5.56 Å². The lowest BCUT2D eigenvalue weighted by atomic mass is 10.2. The van der Waals surface area contributed by atoms with E-state index < -0.39 is 34.8 Å². The molecule has 2 rings (SSSR count). The molecule has 1 nitrogen and oxygen atoms in total. The molecule has 0 saturated carbocycles. The third kappa shape index (κ3) is 2.38. The van der Waals surface area contributed by atoms with E-state index in [2.05, 4.69) is 0 Å². The summed E-state index contributed by atoms with van der Waals surface area (Å²) in [5.74, 6) is -11.7. The molecule has 100 valence electrons. The van der Waals surface area contributed by atoms with Crippen LogP contribution in [0.25, 0.3) is 0 Å². The molecule has 0 fully saturated rings. The van der Waals surface area contributed by atoms with E-state index in [1.807, 2.05) is 0 Å². The molecule has 0 aliphatic rings. The fourth-order valence-electron chi connectivity index (χ4n) is 1.40. The number of halogens is 5. The van der Waals surface area contributed by atoms with E-state index in [1.165, 1.54) is 12.1 Å². The van der Waals surface area contributed by atoms with Crippen molar-refractivity contribution < 1.29 is 26.7 Å². The van der Waals surface area contributed by atoms with Gasteiger partial charge in [0.15, 0.2) is 0 Å². The van der Waals surface area contributed by atoms with Crippen molar-refractivity contribution in [3.05, 3.63) is 58.9 Å². The summed E-state index contributed by atoms with van der Waals surface area (Å²) in [6.45, 7) is 1.77. The van der Waals surface area contributed by atoms with Crippen LogP contribution in [0.1, 0.15) is 5.56 Å². The van der Waals surface area contributed by atoms with Crippen LogP contribution in [0.3, 0.4) is 0 Å². The Balaban J connectivity index is 2.48. The van der Waals surface area contributed by atoms with Gasteiger partial charge in [0.2, 0.25) is 34.8 Å². The first-order chi connectivity index (χ1) is 8.91. The van der Waals surface area contributed by atoms with Gasteiger partial charge >= 0.3 is 0 Å². The van der Waals surface area contributed by atoms with E-state index in [-0.39, 0.29) is 5.75 Å². The van der Waals surface area contributed by atoms with Crippen molar-refractivity contribution >= 4 is 0 Å². The molecule has 6 heteroatoms. The third-order valence-corrected chi connectivity index (χ3v) is 2.41. The molecule has 0 aromatic heterocycles. The van der Waals surface area contributed by atoms with Gasteiger partial charge in [0.05, 0.1) is 0 Å². The van der Waals surface area contributed by atoms with Gasteiger partial charge in [-0.15, -0.1) is 0 Å². The van der Waals surface area contributed by atoms with Crippen LogP contribution in [-0.4, -0.2) is 0 Å². The molecule has 0 unspecified atom stereocenters. The Hall–Kier alpha value is -2.11. The molecular weight excluding hydrogens is 267 g/mol. The van der Waals surface area contributed by atoms with Gasteiger partial charge in [-0.3, -0.25) is 0 Å². The zero-order valence-corrected chi connectivity index (χ0v) is 9.61. The average Bonchev–Trinajstić information content (AvgIpc) is 2.41. The molecule has 0 spiro atoms. The molecule has 0 atom stereocenters. The highest BCUT2D eigenvalue weighted by atomic mass is 19.2. The van der Waals surface area contributed by atoms with Crippen molar-refractivity contribution in [1.82, 2.24) is 0 Å². The molecular formula is C13H7F5O. The van der Waals surface area contributed by atoms with Crippen molar-refractivity contribution in [2.45, 2.75) is 6.92 Å². The molecule has 19 heavy (non-hydrogen) atoms. The second-order valence-corrected chi connectivity index (χ2v) is 3.81. The lowest BCUT2D eigenvalue weighted by Crippen LogP contribution is -2.04. The summed E-state index contributed by atoms with van der Waals surface area (Å²) in [6.07, 6.45) is 0. The Bertz CT molecular complexity index is 593. The Morgan fingerprint density at radius 1 is 0.684 bits per heavy atom. The van der Waals surface area contributed by atoms with Crippen molar-refractivity contribution in [3.63, 3.8) is 0 Å². The molecule has 0 N–H and O–H groups in total. The van der Waals surface area contributed by atoms with Crippen LogP contribution in [0.5, 0.6) is 11.5 Å². The first-order valence-electron chi connectivity index (χ1n) is 5.17. The van der Waals surface area contributed by atoms with Crippen LogP contribution in [0.4, 0.5) is 22.0 Å². The summed E-state index contributed by atoms with van der Waals surface area (Å²) in [5, 5.41) is 0. The van der Waals surface area contributed by atoms with Crippen LogP contribution in [-0.2, 0) is 0 Å². The summed E-state index contributed by atoms with van der Waals surface area (Å²) >= 11 is 0. The predicted molar refractivity (Wildman–Crippen MR) is 57.5 cm³/mol. The number of ether oxygens (including phenoxy) is 1. The van der Waals surface area contributed by atoms with E-state index in [1.54, 1.807) is 19.1 Å². The van der Waals surface area contributed by atoms with Crippen LogP contribution >= 0.6 is 0 Å². The molecule has 2 aromatic rings. The maximum atomic E-state index is 13.3. The quantitative estimate of drug-likeness (QED) is 0.445. The van der Waals surface area contributed by atoms with Gasteiger partial charge in [-0.25, -0.2) is 13.2 Å². The Kier molecular flexibility index (Phi) is 3.42. The summed E-state index contributed by atoms with van der Waals surface area (Å²) in [4.78, 5) is 0. The second-order valence-electron chi connectivity index (χ2n) is 3.81. The normalized spacial score (nSPS) is 10.6. The Morgan fingerprint density at radius 2 is 1.11 bits per heavy atom. The van der Waals surface area contributed by atoms with Gasteiger partial charge in [-0.1, -0.05) is 17.7 Å². The van der Waals surface area contributed by atoms with Gasteiger partial charge < -0.3 is 4.74 Å². The number of rotatable bonds is 2. The monoisotopic (exact) mass is 274 g/mol. The van der Waals surface area contributed by atoms with Crippen LogP contribution in [0.15, 0.2) is 24.3 Å². The van der Waals surface area contributed by atoms with Crippen LogP contribution < -0.4 is 4.74 Å². The number of benzene rings is 2. The molecule has 0 radical (unpaired) electrons. The fourth-order valence-corrected chi connectivity index (χ4v) is 1.40. The molecule has 0 aliphatic carbocycles. The standard InChI is InChI=1S/C13H7F5O/c1-6-2-4-7(5-3-6)19-13-11(17)9(15)8(14)10(16)12(13)18/h2-5H,1H3. The minimum Gasteiger partial charge on any atom is -0.451 e. The van der Waals surface area contributed by atoms with Gasteiger partial charge in [0, 0.05) is 0 Å². The maximum Gasteiger partial charge on any atom is 0.207 e. The smallest absolute Gasteiger partial charge is 0.207 e. The molecule has 0 saturated heterocycles. The minimum absolute atomic E-state index is 0.0335. The molecule has 0 heterocycles. The summed E-state index contributed by atoms with van der Waals surface area (Å²) in [7, 11) is 0. The number of aryl methyl sites for hydroxylation is 1. The molecule has 0 bridgehead atoms. The van der Waals surface area contributed by atoms with Crippen molar-refractivity contribution in [2.24, 2.45) is 0 Å². The van der Waals surface area contributed by atoms with Crippen molar-refractivity contribution in [3.8, 4) is 11.5 Å². The number of hydrogen-bond acceptors (Lipinski definition) is 1. The first kappa shape index (κ1) is 13.3. The summed E-state index contributed by atoms with van der Waals surface area (Å²) in [5.41, 5.74) is 0.852. The topological polar surface area (TPSA) is 9.23 Å². The lowest BCUT2D eigenvalue weighted by molar-refractivity contribution is 0.332. The van der Waals surface area contributed by atoms with Gasteiger partial charge in [-0.2, -0.15) is 8.78 Å². The van der Waals surface area contributed by atoms with Gasteiger partial charge in [0.25, 0.3) is 0 Å². The minimum atomic E-state index is -2.22. The average molecular weight is 274 g/mol. The van der Waals surface area contributed by atoms with Crippen LogP contribution in [0.2, 0.25) is 0 Å². The van der Waals surface area contributed by atoms with Crippen molar-refractivity contribution in [2.75, 3.05) is 0 Å². The van der Waals surface area contributed by atoms with Gasteiger partial charge in [0.1, 0.15) is 5.75 Å².